The second-order valence-electron chi connectivity index (χ2n) is 7.42. The first-order valence-corrected chi connectivity index (χ1v) is 9.27. The van der Waals surface area contributed by atoms with E-state index in [1.54, 1.807) is 0 Å². The highest BCUT2D eigenvalue weighted by Crippen LogP contribution is 2.13. The first-order valence-electron chi connectivity index (χ1n) is 9.27. The average molecular weight is 361 g/mol. The predicted molar refractivity (Wildman–Crippen MR) is 102 cm³/mol. The summed E-state index contributed by atoms with van der Waals surface area (Å²) in [6.45, 7) is 12.4. The molecule has 0 aromatic heterocycles. The van der Waals surface area contributed by atoms with Crippen LogP contribution < -0.4 is 10.6 Å². The highest BCUT2D eigenvalue weighted by molar-refractivity contribution is 5.96. The van der Waals surface area contributed by atoms with Crippen molar-refractivity contribution in [2.24, 2.45) is 0 Å². The molecule has 1 aromatic carbocycles. The second kappa shape index (κ2) is 9.14. The minimum Gasteiger partial charge on any atom is -0.373 e. The van der Waals surface area contributed by atoms with Crippen LogP contribution in [0.15, 0.2) is 18.2 Å². The number of hydrogen-bond donors (Lipinski definition) is 2. The fourth-order valence-electron chi connectivity index (χ4n) is 3.40. The van der Waals surface area contributed by atoms with E-state index in [0.29, 0.717) is 12.1 Å². The van der Waals surface area contributed by atoms with E-state index in [1.807, 2.05) is 32.0 Å². The number of aryl methyl sites for hydroxylation is 2. The number of rotatable bonds is 6. The Morgan fingerprint density at radius 3 is 2.27 bits per heavy atom. The highest BCUT2D eigenvalue weighted by Gasteiger charge is 2.25. The van der Waals surface area contributed by atoms with E-state index >= 15 is 0 Å². The number of carbonyl (C=O) groups excluding carboxylic acids is 2. The summed E-state index contributed by atoms with van der Waals surface area (Å²) in [5.74, 6) is -0.403. The Morgan fingerprint density at radius 1 is 1.12 bits per heavy atom. The number of amides is 2. The summed E-state index contributed by atoms with van der Waals surface area (Å²) >= 11 is 0. The molecule has 1 heterocycles. The van der Waals surface area contributed by atoms with E-state index in [1.165, 1.54) is 0 Å². The van der Waals surface area contributed by atoms with Crippen molar-refractivity contribution in [2.45, 2.75) is 52.9 Å². The summed E-state index contributed by atoms with van der Waals surface area (Å²) in [6, 6.07) is 5.88. The van der Waals surface area contributed by atoms with Crippen LogP contribution in [0.25, 0.3) is 0 Å². The van der Waals surface area contributed by atoms with Gasteiger partial charge in [0.25, 0.3) is 5.91 Å². The van der Waals surface area contributed by atoms with Crippen molar-refractivity contribution < 1.29 is 14.3 Å². The topological polar surface area (TPSA) is 70.7 Å². The van der Waals surface area contributed by atoms with Crippen LogP contribution in [-0.4, -0.2) is 61.1 Å². The zero-order valence-electron chi connectivity index (χ0n) is 16.5. The van der Waals surface area contributed by atoms with Crippen LogP contribution in [-0.2, 0) is 9.53 Å². The van der Waals surface area contributed by atoms with E-state index in [4.69, 9.17) is 4.74 Å². The van der Waals surface area contributed by atoms with Gasteiger partial charge >= 0.3 is 0 Å². The molecule has 144 valence electrons. The van der Waals surface area contributed by atoms with Crippen molar-refractivity contribution in [3.63, 3.8) is 0 Å². The van der Waals surface area contributed by atoms with Crippen LogP contribution >= 0.6 is 0 Å². The molecule has 0 saturated carbocycles. The van der Waals surface area contributed by atoms with Crippen molar-refractivity contribution in [3.05, 3.63) is 34.9 Å². The molecule has 1 aliphatic rings. The standard InChI is InChI=1S/C20H31N3O3/c1-13-6-14(2)8-18(7-13)20(25)22-10-19(24)21-9-15(3)23-11-16(4)26-17(5)12-23/h6-8,15-17H,9-12H2,1-5H3,(H,21,24)(H,22,25). The fraction of sp³-hybridized carbons (Fsp3) is 0.600. The molecule has 1 aromatic rings. The molecule has 3 unspecified atom stereocenters. The first kappa shape index (κ1) is 20.4. The molecule has 26 heavy (non-hydrogen) atoms. The number of nitrogens with zero attached hydrogens (tertiary/aromatic N) is 1. The van der Waals surface area contributed by atoms with Gasteiger partial charge in [-0.3, -0.25) is 14.5 Å². The molecule has 2 rings (SSSR count). The molecule has 0 aliphatic carbocycles. The highest BCUT2D eigenvalue weighted by atomic mass is 16.5. The number of benzene rings is 1. The zero-order valence-corrected chi connectivity index (χ0v) is 16.5. The first-order chi connectivity index (χ1) is 12.2. The quantitative estimate of drug-likeness (QED) is 0.808. The molecule has 1 fully saturated rings. The zero-order chi connectivity index (χ0) is 19.3. The van der Waals surface area contributed by atoms with Crippen LogP contribution in [0, 0.1) is 13.8 Å². The van der Waals surface area contributed by atoms with Crippen molar-refractivity contribution in [1.29, 1.82) is 0 Å². The normalized spacial score (nSPS) is 21.9. The number of carbonyl (C=O) groups is 2. The second-order valence-corrected chi connectivity index (χ2v) is 7.42. The van der Waals surface area contributed by atoms with E-state index in [-0.39, 0.29) is 36.6 Å². The van der Waals surface area contributed by atoms with Gasteiger partial charge in [-0.15, -0.1) is 0 Å². The van der Waals surface area contributed by atoms with Crippen LogP contribution in [0.2, 0.25) is 0 Å². The SMILES string of the molecule is Cc1cc(C)cc(C(=O)NCC(=O)NCC(C)N2CC(C)OC(C)C2)c1. The lowest BCUT2D eigenvalue weighted by Gasteiger charge is -2.39. The molecule has 0 radical (unpaired) electrons. The maximum absolute atomic E-state index is 12.2. The third-order valence-electron chi connectivity index (χ3n) is 4.56. The van der Waals surface area contributed by atoms with Gasteiger partial charge in [0, 0.05) is 31.2 Å². The summed E-state index contributed by atoms with van der Waals surface area (Å²) in [5.41, 5.74) is 2.64. The van der Waals surface area contributed by atoms with Crippen molar-refractivity contribution >= 4 is 11.8 Å². The maximum Gasteiger partial charge on any atom is 0.251 e. The Balaban J connectivity index is 1.75. The van der Waals surface area contributed by atoms with Crippen molar-refractivity contribution in [2.75, 3.05) is 26.2 Å². The molecule has 0 bridgehead atoms. The molecular weight excluding hydrogens is 330 g/mol. The monoisotopic (exact) mass is 361 g/mol. The Morgan fingerprint density at radius 2 is 1.69 bits per heavy atom. The van der Waals surface area contributed by atoms with Crippen LogP contribution in [0.5, 0.6) is 0 Å². The van der Waals surface area contributed by atoms with Crippen molar-refractivity contribution in [3.8, 4) is 0 Å². The summed E-state index contributed by atoms with van der Waals surface area (Å²) in [5, 5.41) is 5.59. The number of nitrogens with one attached hydrogen (secondary N) is 2. The Hall–Kier alpha value is -1.92. The van der Waals surface area contributed by atoms with Gasteiger partial charge in [0.05, 0.1) is 18.8 Å². The molecule has 6 nitrogen and oxygen atoms in total. The molecule has 2 N–H and O–H groups in total. The fourth-order valence-corrected chi connectivity index (χ4v) is 3.40. The summed E-state index contributed by atoms with van der Waals surface area (Å²) in [6.07, 6.45) is 0.406. The van der Waals surface area contributed by atoms with E-state index in [2.05, 4.69) is 36.3 Å². The van der Waals surface area contributed by atoms with Gasteiger partial charge in [-0.25, -0.2) is 0 Å². The van der Waals surface area contributed by atoms with Crippen molar-refractivity contribution in [1.82, 2.24) is 15.5 Å². The van der Waals surface area contributed by atoms with Crippen LogP contribution in [0.4, 0.5) is 0 Å². The summed E-state index contributed by atoms with van der Waals surface area (Å²) in [7, 11) is 0. The molecule has 0 spiro atoms. The molecule has 2 amide bonds. The van der Waals surface area contributed by atoms with Gasteiger partial charge in [0.15, 0.2) is 0 Å². The van der Waals surface area contributed by atoms with Gasteiger partial charge in [-0.2, -0.15) is 0 Å². The van der Waals surface area contributed by atoms with Gasteiger partial charge < -0.3 is 15.4 Å². The summed E-state index contributed by atoms with van der Waals surface area (Å²) < 4.78 is 5.74. The molecule has 1 saturated heterocycles. The van der Waals surface area contributed by atoms with Gasteiger partial charge in [0.1, 0.15) is 0 Å². The maximum atomic E-state index is 12.2. The molecular formula is C20H31N3O3. The Bertz CT molecular complexity index is 617. The molecule has 6 heteroatoms. The minimum absolute atomic E-state index is 0.0194. The predicted octanol–water partition coefficient (Wildman–Crippen LogP) is 1.65. The van der Waals surface area contributed by atoms with Gasteiger partial charge in [0.2, 0.25) is 5.91 Å². The lowest BCUT2D eigenvalue weighted by Crippen LogP contribution is -2.52. The molecule has 3 atom stereocenters. The largest absolute Gasteiger partial charge is 0.373 e. The smallest absolute Gasteiger partial charge is 0.251 e. The number of ether oxygens (including phenoxy) is 1. The third kappa shape index (κ3) is 6.11. The Kier molecular flexibility index (Phi) is 7.17. The number of hydrogen-bond acceptors (Lipinski definition) is 4. The van der Waals surface area contributed by atoms with Gasteiger partial charge in [-0.05, 0) is 46.8 Å². The Labute approximate surface area is 156 Å². The molecule has 1 aliphatic heterocycles. The van der Waals surface area contributed by atoms with E-state index < -0.39 is 0 Å². The van der Waals surface area contributed by atoms with Crippen LogP contribution in [0.1, 0.15) is 42.3 Å². The lowest BCUT2D eigenvalue weighted by molar-refractivity contribution is -0.120. The van der Waals surface area contributed by atoms with E-state index in [9.17, 15) is 9.59 Å². The average Bonchev–Trinajstić information content (AvgIpc) is 2.55. The minimum atomic E-state index is -0.226. The third-order valence-corrected chi connectivity index (χ3v) is 4.56. The summed E-state index contributed by atoms with van der Waals surface area (Å²) in [4.78, 5) is 26.6. The number of morpholine rings is 1. The van der Waals surface area contributed by atoms with E-state index in [0.717, 1.165) is 24.2 Å². The van der Waals surface area contributed by atoms with Gasteiger partial charge in [-0.1, -0.05) is 17.2 Å². The lowest BCUT2D eigenvalue weighted by atomic mass is 10.1. The van der Waals surface area contributed by atoms with Crippen LogP contribution in [0.3, 0.4) is 0 Å².